The van der Waals surface area contributed by atoms with Gasteiger partial charge in [0.1, 0.15) is 5.75 Å². The van der Waals surface area contributed by atoms with Crippen molar-refractivity contribution in [2.45, 2.75) is 38.7 Å². The standard InChI is InChI=1S/C15H20O3/c1-2-17-15-9-4-3-8-13(15)14(16)11-12-7-5-6-10-18-12/h3-4,8-9,12H,2,5-7,10-11H2,1H3. The van der Waals surface area contributed by atoms with E-state index in [4.69, 9.17) is 9.47 Å². The van der Waals surface area contributed by atoms with Crippen LogP contribution in [0.2, 0.25) is 0 Å². The molecule has 0 bridgehead atoms. The maximum Gasteiger partial charge on any atom is 0.169 e. The van der Waals surface area contributed by atoms with Gasteiger partial charge in [-0.25, -0.2) is 0 Å². The number of Topliss-reactive ketones (excluding diaryl/α,β-unsaturated/α-hetero) is 1. The first-order valence-electron chi connectivity index (χ1n) is 6.68. The number of carbonyl (C=O) groups is 1. The van der Waals surface area contributed by atoms with Crippen LogP contribution in [0.4, 0.5) is 0 Å². The van der Waals surface area contributed by atoms with Gasteiger partial charge in [-0.15, -0.1) is 0 Å². The zero-order valence-electron chi connectivity index (χ0n) is 10.9. The molecule has 0 saturated carbocycles. The average molecular weight is 248 g/mol. The highest BCUT2D eigenvalue weighted by Crippen LogP contribution is 2.23. The van der Waals surface area contributed by atoms with Gasteiger partial charge < -0.3 is 9.47 Å². The third-order valence-electron chi connectivity index (χ3n) is 3.17. The fraction of sp³-hybridized carbons (Fsp3) is 0.533. The van der Waals surface area contributed by atoms with Gasteiger partial charge in [0.25, 0.3) is 0 Å². The van der Waals surface area contributed by atoms with Crippen molar-refractivity contribution in [1.82, 2.24) is 0 Å². The third-order valence-corrected chi connectivity index (χ3v) is 3.17. The predicted octanol–water partition coefficient (Wildman–Crippen LogP) is 3.23. The topological polar surface area (TPSA) is 35.5 Å². The molecule has 98 valence electrons. The van der Waals surface area contributed by atoms with Crippen molar-refractivity contribution in [2.24, 2.45) is 0 Å². The smallest absolute Gasteiger partial charge is 0.169 e. The molecule has 1 aromatic carbocycles. The maximum absolute atomic E-state index is 12.2. The molecule has 0 amide bonds. The number of hydrogen-bond donors (Lipinski definition) is 0. The lowest BCUT2D eigenvalue weighted by atomic mass is 9.99. The molecule has 0 spiro atoms. The summed E-state index contributed by atoms with van der Waals surface area (Å²) in [5.41, 5.74) is 0.675. The minimum Gasteiger partial charge on any atom is -0.493 e. The zero-order chi connectivity index (χ0) is 12.8. The Kier molecular flexibility index (Phi) is 4.76. The van der Waals surface area contributed by atoms with Crippen LogP contribution in [0.15, 0.2) is 24.3 Å². The fourth-order valence-corrected chi connectivity index (χ4v) is 2.26. The number of hydrogen-bond acceptors (Lipinski definition) is 3. The summed E-state index contributed by atoms with van der Waals surface area (Å²) < 4.78 is 11.1. The molecule has 1 aliphatic heterocycles. The van der Waals surface area contributed by atoms with E-state index in [0.717, 1.165) is 25.9 Å². The van der Waals surface area contributed by atoms with Crippen LogP contribution in [-0.4, -0.2) is 25.1 Å². The van der Waals surface area contributed by atoms with Crippen LogP contribution < -0.4 is 4.74 Å². The normalized spacial score (nSPS) is 19.5. The lowest BCUT2D eigenvalue weighted by Crippen LogP contribution is -2.22. The highest BCUT2D eigenvalue weighted by molar-refractivity contribution is 5.98. The molecule has 18 heavy (non-hydrogen) atoms. The summed E-state index contributed by atoms with van der Waals surface area (Å²) in [6.07, 6.45) is 3.80. The summed E-state index contributed by atoms with van der Waals surface area (Å²) >= 11 is 0. The van der Waals surface area contributed by atoms with E-state index in [1.54, 1.807) is 0 Å². The average Bonchev–Trinajstić information content (AvgIpc) is 2.41. The van der Waals surface area contributed by atoms with Crippen LogP contribution in [0.3, 0.4) is 0 Å². The summed E-state index contributed by atoms with van der Waals surface area (Å²) in [4.78, 5) is 12.2. The Balaban J connectivity index is 2.03. The molecule has 1 heterocycles. The SMILES string of the molecule is CCOc1ccccc1C(=O)CC1CCCCO1. The number of ether oxygens (including phenoxy) is 2. The summed E-state index contributed by atoms with van der Waals surface area (Å²) in [5, 5.41) is 0. The lowest BCUT2D eigenvalue weighted by molar-refractivity contribution is 0.0128. The molecule has 2 rings (SSSR count). The van der Waals surface area contributed by atoms with Crippen LogP contribution in [0.1, 0.15) is 43.0 Å². The van der Waals surface area contributed by atoms with Crippen LogP contribution >= 0.6 is 0 Å². The van der Waals surface area contributed by atoms with E-state index in [0.29, 0.717) is 24.3 Å². The van der Waals surface area contributed by atoms with Gasteiger partial charge in [0.2, 0.25) is 0 Å². The highest BCUT2D eigenvalue weighted by Gasteiger charge is 2.20. The molecule has 1 unspecified atom stereocenters. The lowest BCUT2D eigenvalue weighted by Gasteiger charge is -2.22. The third kappa shape index (κ3) is 3.33. The van der Waals surface area contributed by atoms with Crippen LogP contribution in [0.25, 0.3) is 0 Å². The quantitative estimate of drug-likeness (QED) is 0.750. The molecule has 1 saturated heterocycles. The Bertz CT molecular complexity index is 394. The minimum atomic E-state index is 0.0842. The molecule has 0 radical (unpaired) electrons. The van der Waals surface area contributed by atoms with Crippen molar-refractivity contribution in [2.75, 3.05) is 13.2 Å². The van der Waals surface area contributed by atoms with Gasteiger partial charge in [0.15, 0.2) is 5.78 Å². The first kappa shape index (κ1) is 13.1. The van der Waals surface area contributed by atoms with Crippen molar-refractivity contribution in [3.8, 4) is 5.75 Å². The monoisotopic (exact) mass is 248 g/mol. The van der Waals surface area contributed by atoms with Gasteiger partial charge >= 0.3 is 0 Å². The maximum atomic E-state index is 12.2. The molecule has 0 N–H and O–H groups in total. The molecule has 3 nitrogen and oxygen atoms in total. The van der Waals surface area contributed by atoms with E-state index in [9.17, 15) is 4.79 Å². The van der Waals surface area contributed by atoms with Crippen molar-refractivity contribution >= 4 is 5.78 Å². The Hall–Kier alpha value is -1.35. The van der Waals surface area contributed by atoms with Crippen LogP contribution in [0.5, 0.6) is 5.75 Å². The minimum absolute atomic E-state index is 0.0842. The summed E-state index contributed by atoms with van der Waals surface area (Å²) in [5.74, 6) is 0.798. The molecule has 1 aromatic rings. The fourth-order valence-electron chi connectivity index (χ4n) is 2.26. The van der Waals surface area contributed by atoms with E-state index in [2.05, 4.69) is 0 Å². The van der Waals surface area contributed by atoms with Gasteiger partial charge in [-0.2, -0.15) is 0 Å². The Labute approximate surface area is 108 Å². The highest BCUT2D eigenvalue weighted by atomic mass is 16.5. The summed E-state index contributed by atoms with van der Waals surface area (Å²) in [6.45, 7) is 3.28. The van der Waals surface area contributed by atoms with Gasteiger partial charge in [-0.3, -0.25) is 4.79 Å². The van der Waals surface area contributed by atoms with Crippen molar-refractivity contribution in [1.29, 1.82) is 0 Å². The molecule has 1 aliphatic rings. The van der Waals surface area contributed by atoms with E-state index in [1.165, 1.54) is 0 Å². The van der Waals surface area contributed by atoms with Gasteiger partial charge in [-0.05, 0) is 38.3 Å². The molecule has 0 aliphatic carbocycles. The number of carbonyl (C=O) groups excluding carboxylic acids is 1. The van der Waals surface area contributed by atoms with E-state index < -0.39 is 0 Å². The largest absolute Gasteiger partial charge is 0.493 e. The van der Waals surface area contributed by atoms with Crippen molar-refractivity contribution in [3.63, 3.8) is 0 Å². The predicted molar refractivity (Wildman–Crippen MR) is 70.1 cm³/mol. The number of benzene rings is 1. The first-order chi connectivity index (χ1) is 8.81. The van der Waals surface area contributed by atoms with Gasteiger partial charge in [-0.1, -0.05) is 12.1 Å². The Morgan fingerprint density at radius 1 is 1.39 bits per heavy atom. The molecular formula is C15H20O3. The van der Waals surface area contributed by atoms with Crippen molar-refractivity contribution in [3.05, 3.63) is 29.8 Å². The van der Waals surface area contributed by atoms with Gasteiger partial charge in [0, 0.05) is 13.0 Å². The molecule has 3 heteroatoms. The zero-order valence-corrected chi connectivity index (χ0v) is 10.9. The second kappa shape index (κ2) is 6.55. The second-order valence-electron chi connectivity index (χ2n) is 4.55. The molecular weight excluding hydrogens is 228 g/mol. The second-order valence-corrected chi connectivity index (χ2v) is 4.55. The van der Waals surface area contributed by atoms with E-state index in [1.807, 2.05) is 31.2 Å². The number of rotatable bonds is 5. The first-order valence-corrected chi connectivity index (χ1v) is 6.68. The summed E-state index contributed by atoms with van der Waals surface area (Å²) in [6, 6.07) is 7.44. The Morgan fingerprint density at radius 3 is 2.94 bits per heavy atom. The summed E-state index contributed by atoms with van der Waals surface area (Å²) in [7, 11) is 0. The van der Waals surface area contributed by atoms with Crippen LogP contribution in [-0.2, 0) is 4.74 Å². The Morgan fingerprint density at radius 2 is 2.22 bits per heavy atom. The van der Waals surface area contributed by atoms with Crippen molar-refractivity contribution < 1.29 is 14.3 Å². The molecule has 0 aromatic heterocycles. The van der Waals surface area contributed by atoms with Crippen LogP contribution in [0, 0.1) is 0 Å². The van der Waals surface area contributed by atoms with E-state index in [-0.39, 0.29) is 11.9 Å². The van der Waals surface area contributed by atoms with Gasteiger partial charge in [0.05, 0.1) is 18.3 Å². The number of ketones is 1. The molecule has 1 atom stereocenters. The molecule has 1 fully saturated rings. The van der Waals surface area contributed by atoms with E-state index >= 15 is 0 Å². The number of para-hydroxylation sites is 1.